The Kier molecular flexibility index (Phi) is 3.77. The quantitative estimate of drug-likeness (QED) is 0.880. The largest absolute Gasteiger partial charge is 0.353 e. The zero-order valence-electron chi connectivity index (χ0n) is 8.61. The summed E-state index contributed by atoms with van der Waals surface area (Å²) in [5.74, 6) is 0. The normalized spacial score (nSPS) is 9.71. The fourth-order valence-corrected chi connectivity index (χ4v) is 2.05. The summed E-state index contributed by atoms with van der Waals surface area (Å²) in [6.45, 7) is 0. The van der Waals surface area contributed by atoms with Gasteiger partial charge in [-0.15, -0.1) is 0 Å². The molecule has 84 valence electrons. The zero-order valence-corrected chi connectivity index (χ0v) is 11.8. The van der Waals surface area contributed by atoms with Gasteiger partial charge in [0.05, 0.1) is 21.4 Å². The lowest BCUT2D eigenvalue weighted by atomic mass is 10.2. The summed E-state index contributed by atoms with van der Waals surface area (Å²) in [4.78, 5) is 3.98. The first kappa shape index (κ1) is 12.1. The van der Waals surface area contributed by atoms with Crippen LogP contribution in [0.1, 0.15) is 5.56 Å². The first-order chi connectivity index (χ1) is 8.20. The van der Waals surface area contributed by atoms with Gasteiger partial charge in [0.1, 0.15) is 6.07 Å². The lowest BCUT2D eigenvalue weighted by Crippen LogP contribution is -1.94. The molecular formula is C12H7Br2N3. The van der Waals surface area contributed by atoms with Crippen molar-refractivity contribution in [2.24, 2.45) is 0 Å². The van der Waals surface area contributed by atoms with Gasteiger partial charge in [-0.25, -0.2) is 0 Å². The van der Waals surface area contributed by atoms with Crippen LogP contribution in [0.15, 0.2) is 45.6 Å². The van der Waals surface area contributed by atoms with E-state index in [1.807, 2.05) is 18.2 Å². The van der Waals surface area contributed by atoms with Crippen molar-refractivity contribution in [2.75, 3.05) is 5.32 Å². The van der Waals surface area contributed by atoms with E-state index in [1.54, 1.807) is 18.5 Å². The SMILES string of the molecule is N#Cc1cc(Br)ccc1Nc1ccncc1Br. The molecule has 0 saturated carbocycles. The molecule has 1 heterocycles. The monoisotopic (exact) mass is 351 g/mol. The van der Waals surface area contributed by atoms with Crippen LogP contribution in [0.25, 0.3) is 0 Å². The van der Waals surface area contributed by atoms with E-state index in [4.69, 9.17) is 5.26 Å². The van der Waals surface area contributed by atoms with Gasteiger partial charge in [-0.1, -0.05) is 15.9 Å². The van der Waals surface area contributed by atoms with Crippen LogP contribution in [-0.2, 0) is 0 Å². The number of aromatic nitrogens is 1. The second kappa shape index (κ2) is 5.30. The molecule has 0 aliphatic rings. The Bertz CT molecular complexity index is 591. The van der Waals surface area contributed by atoms with Crippen LogP contribution in [0, 0.1) is 11.3 Å². The molecule has 0 atom stereocenters. The van der Waals surface area contributed by atoms with E-state index in [9.17, 15) is 0 Å². The molecule has 0 spiro atoms. The van der Waals surface area contributed by atoms with E-state index in [0.29, 0.717) is 5.56 Å². The highest BCUT2D eigenvalue weighted by atomic mass is 79.9. The smallest absolute Gasteiger partial charge is 0.101 e. The van der Waals surface area contributed by atoms with E-state index in [1.165, 1.54) is 0 Å². The van der Waals surface area contributed by atoms with Gasteiger partial charge >= 0.3 is 0 Å². The molecule has 5 heteroatoms. The van der Waals surface area contributed by atoms with Crippen LogP contribution in [0.5, 0.6) is 0 Å². The average Bonchev–Trinajstić information content (AvgIpc) is 2.34. The van der Waals surface area contributed by atoms with Crippen molar-refractivity contribution in [3.8, 4) is 6.07 Å². The lowest BCUT2D eigenvalue weighted by Gasteiger charge is -2.09. The van der Waals surface area contributed by atoms with Gasteiger partial charge in [0.15, 0.2) is 0 Å². The standard InChI is InChI=1S/C12H7Br2N3/c13-9-1-2-11(8(5-9)6-15)17-12-3-4-16-7-10(12)14/h1-5,7H,(H,16,17). The molecule has 0 saturated heterocycles. The number of hydrogen-bond donors (Lipinski definition) is 1. The molecule has 1 aromatic heterocycles. The predicted octanol–water partition coefficient (Wildman–Crippen LogP) is 4.22. The average molecular weight is 353 g/mol. The highest BCUT2D eigenvalue weighted by Crippen LogP contribution is 2.27. The molecule has 2 rings (SSSR count). The number of halogens is 2. The maximum Gasteiger partial charge on any atom is 0.101 e. The van der Waals surface area contributed by atoms with E-state index in [-0.39, 0.29) is 0 Å². The third-order valence-corrected chi connectivity index (χ3v) is 3.27. The van der Waals surface area contributed by atoms with Crippen LogP contribution >= 0.6 is 31.9 Å². The minimum atomic E-state index is 0.586. The van der Waals surface area contributed by atoms with E-state index >= 15 is 0 Å². The van der Waals surface area contributed by atoms with Gasteiger partial charge in [-0.3, -0.25) is 4.98 Å². The zero-order chi connectivity index (χ0) is 12.3. The van der Waals surface area contributed by atoms with Crippen molar-refractivity contribution in [1.82, 2.24) is 4.98 Å². The Hall–Kier alpha value is -1.38. The second-order valence-corrected chi connectivity index (χ2v) is 5.05. The molecule has 1 N–H and O–H groups in total. The molecule has 2 aromatic rings. The number of hydrogen-bond acceptors (Lipinski definition) is 3. The van der Waals surface area contributed by atoms with Gasteiger partial charge in [0.2, 0.25) is 0 Å². The van der Waals surface area contributed by atoms with Crippen molar-refractivity contribution in [1.29, 1.82) is 5.26 Å². The molecular weight excluding hydrogens is 346 g/mol. The Morgan fingerprint density at radius 2 is 2.00 bits per heavy atom. The Morgan fingerprint density at radius 1 is 1.18 bits per heavy atom. The molecule has 0 aliphatic carbocycles. The summed E-state index contributed by atoms with van der Waals surface area (Å²) >= 11 is 6.74. The summed E-state index contributed by atoms with van der Waals surface area (Å²) in [5, 5.41) is 12.2. The van der Waals surface area contributed by atoms with Gasteiger partial charge in [-0.2, -0.15) is 5.26 Å². The highest BCUT2D eigenvalue weighted by Gasteiger charge is 2.05. The van der Waals surface area contributed by atoms with Crippen molar-refractivity contribution >= 4 is 43.2 Å². The summed E-state index contributed by atoms with van der Waals surface area (Å²) in [6.07, 6.45) is 3.39. The summed E-state index contributed by atoms with van der Waals surface area (Å²) in [5.41, 5.74) is 2.23. The number of pyridine rings is 1. The Morgan fingerprint density at radius 3 is 2.71 bits per heavy atom. The number of nitrogens with one attached hydrogen (secondary N) is 1. The fourth-order valence-electron chi connectivity index (χ4n) is 1.34. The Balaban J connectivity index is 2.37. The van der Waals surface area contributed by atoms with E-state index < -0.39 is 0 Å². The lowest BCUT2D eigenvalue weighted by molar-refractivity contribution is 1.30. The predicted molar refractivity (Wildman–Crippen MR) is 74.1 cm³/mol. The van der Waals surface area contributed by atoms with Crippen LogP contribution in [0.4, 0.5) is 11.4 Å². The third kappa shape index (κ3) is 2.84. The molecule has 0 fully saturated rings. The minimum absolute atomic E-state index is 0.586. The number of benzene rings is 1. The third-order valence-electron chi connectivity index (χ3n) is 2.14. The summed E-state index contributed by atoms with van der Waals surface area (Å²) < 4.78 is 1.74. The maximum atomic E-state index is 9.06. The number of anilines is 2. The maximum absolute atomic E-state index is 9.06. The topological polar surface area (TPSA) is 48.7 Å². The van der Waals surface area contributed by atoms with Crippen LogP contribution in [0.2, 0.25) is 0 Å². The van der Waals surface area contributed by atoms with Crippen molar-refractivity contribution in [2.45, 2.75) is 0 Å². The second-order valence-electron chi connectivity index (χ2n) is 3.28. The number of rotatable bonds is 2. The van der Waals surface area contributed by atoms with Gasteiger partial charge in [0, 0.05) is 16.9 Å². The molecule has 17 heavy (non-hydrogen) atoms. The van der Waals surface area contributed by atoms with Gasteiger partial charge in [0.25, 0.3) is 0 Å². The van der Waals surface area contributed by atoms with Gasteiger partial charge < -0.3 is 5.32 Å². The van der Waals surface area contributed by atoms with Crippen LogP contribution in [0.3, 0.4) is 0 Å². The number of nitriles is 1. The van der Waals surface area contributed by atoms with Crippen molar-refractivity contribution in [3.05, 3.63) is 51.2 Å². The summed E-state index contributed by atoms with van der Waals surface area (Å²) in [7, 11) is 0. The van der Waals surface area contributed by atoms with Gasteiger partial charge in [-0.05, 0) is 40.2 Å². The number of nitrogens with zero attached hydrogens (tertiary/aromatic N) is 2. The first-order valence-electron chi connectivity index (χ1n) is 4.77. The van der Waals surface area contributed by atoms with E-state index in [2.05, 4.69) is 48.2 Å². The molecule has 0 amide bonds. The Labute approximate surface area is 116 Å². The molecule has 0 radical (unpaired) electrons. The molecule has 0 aliphatic heterocycles. The molecule has 0 unspecified atom stereocenters. The fraction of sp³-hybridized carbons (Fsp3) is 0. The molecule has 1 aromatic carbocycles. The van der Waals surface area contributed by atoms with Crippen LogP contribution in [-0.4, -0.2) is 4.98 Å². The summed E-state index contributed by atoms with van der Waals surface area (Å²) in [6, 6.07) is 9.51. The molecule has 3 nitrogen and oxygen atoms in total. The first-order valence-corrected chi connectivity index (χ1v) is 6.35. The molecule has 0 bridgehead atoms. The highest BCUT2D eigenvalue weighted by molar-refractivity contribution is 9.10. The van der Waals surface area contributed by atoms with Crippen molar-refractivity contribution in [3.63, 3.8) is 0 Å². The minimum Gasteiger partial charge on any atom is -0.353 e. The van der Waals surface area contributed by atoms with Crippen molar-refractivity contribution < 1.29 is 0 Å². The van der Waals surface area contributed by atoms with Crippen LogP contribution < -0.4 is 5.32 Å². The van der Waals surface area contributed by atoms with E-state index in [0.717, 1.165) is 20.3 Å².